The maximum Gasteiger partial charge on any atom is 0.255 e. The van der Waals surface area contributed by atoms with Crippen molar-refractivity contribution in [1.82, 2.24) is 40.9 Å². The van der Waals surface area contributed by atoms with Crippen LogP contribution >= 0.6 is 102 Å². The third kappa shape index (κ3) is 31.4. The lowest BCUT2D eigenvalue weighted by Crippen LogP contribution is -2.35. The molecule has 0 bridgehead atoms. The maximum atomic E-state index is 13.0. The second kappa shape index (κ2) is 52.3. The molecule has 116 heavy (non-hydrogen) atoms. The van der Waals surface area contributed by atoms with E-state index in [9.17, 15) is 42.7 Å². The number of nitrogens with one attached hydrogen (secondary N) is 8. The summed E-state index contributed by atoms with van der Waals surface area (Å²) in [5, 5.41) is 23.6. The molecule has 0 heterocycles. The lowest BCUT2D eigenvalue weighted by Gasteiger charge is -2.18. The summed E-state index contributed by atoms with van der Waals surface area (Å²) in [6.07, 6.45) is 0. The lowest BCUT2D eigenvalue weighted by molar-refractivity contribution is 0.0937. The third-order valence-electron chi connectivity index (χ3n) is 18.2. The largest absolute Gasteiger partial charge is 0.497 e. The summed E-state index contributed by atoms with van der Waals surface area (Å²) in [6.45, 7) is 29.6. The molecule has 0 atom stereocenters. The second-order valence-electron chi connectivity index (χ2n) is 25.2. The van der Waals surface area contributed by atoms with Crippen LogP contribution in [-0.2, 0) is 0 Å². The SMILES string of the molecule is CCN(CC)CCNC(=O)c1cc(I)c(NC(=O)c2ccc(Cl)cc2)cc1OC.CCN(CC)CCNC(=O)c1cc(I)c(NC(=O)c2ccc(F)cc2)cc1OC.CCN(CC)CCNC(=O)c1cc(I)c(NC(=O)c2ccc(OC)cc2)cc1OC.CCN(CC)CCNC(=O)c1cc(I)c(NC(=O)c2ccccc2)cc1OC. The average Bonchev–Trinajstić information content (AvgIpc) is 0.831. The number of nitrogens with zero attached hydrogens (tertiary/aromatic N) is 4. The van der Waals surface area contributed by atoms with Gasteiger partial charge in [-0.05, 0) is 252 Å². The number of ether oxygens (including phenoxy) is 5. The van der Waals surface area contributed by atoms with Crippen LogP contribution < -0.4 is 66.2 Å². The third-order valence-corrected chi connectivity index (χ3v) is 22.0. The van der Waals surface area contributed by atoms with Crippen molar-refractivity contribution in [2.24, 2.45) is 0 Å². The predicted molar refractivity (Wildman–Crippen MR) is 492 cm³/mol. The van der Waals surface area contributed by atoms with Crippen molar-refractivity contribution < 1.29 is 66.4 Å². The number of halogens is 6. The quantitative estimate of drug-likeness (QED) is 0.0168. The highest BCUT2D eigenvalue weighted by Gasteiger charge is 2.23. The number of hydrogen-bond acceptors (Lipinski definition) is 17. The van der Waals surface area contributed by atoms with E-state index in [2.05, 4.69) is 208 Å². The van der Waals surface area contributed by atoms with Gasteiger partial charge in [0.2, 0.25) is 0 Å². The Hall–Kier alpha value is -8.50. The molecule has 0 fully saturated rings. The van der Waals surface area contributed by atoms with Crippen LogP contribution in [0.4, 0.5) is 27.1 Å². The van der Waals surface area contributed by atoms with E-state index in [1.54, 1.807) is 116 Å². The Morgan fingerprint density at radius 3 is 0.784 bits per heavy atom. The van der Waals surface area contributed by atoms with E-state index in [0.717, 1.165) is 89.2 Å². The number of hydrogen-bond donors (Lipinski definition) is 8. The molecule has 0 aromatic heterocycles. The summed E-state index contributed by atoms with van der Waals surface area (Å²) in [5.41, 5.74) is 5.86. The Morgan fingerprint density at radius 1 is 0.319 bits per heavy atom. The van der Waals surface area contributed by atoms with Gasteiger partial charge >= 0.3 is 0 Å². The fourth-order valence-corrected chi connectivity index (χ4v) is 13.7. The summed E-state index contributed by atoms with van der Waals surface area (Å²) in [5.74, 6) is -0.0836. The number of rotatable bonds is 37. The van der Waals surface area contributed by atoms with Gasteiger partial charge in [-0.25, -0.2) is 4.39 Å². The van der Waals surface area contributed by atoms with E-state index in [4.69, 9.17) is 35.3 Å². The zero-order valence-electron chi connectivity index (χ0n) is 67.6. The first-order valence-electron chi connectivity index (χ1n) is 37.7. The molecule has 31 heteroatoms. The molecule has 0 saturated carbocycles. The predicted octanol–water partition coefficient (Wildman–Crippen LogP) is 15.3. The molecule has 0 unspecified atom stereocenters. The van der Waals surface area contributed by atoms with Crippen molar-refractivity contribution in [3.63, 3.8) is 0 Å². The van der Waals surface area contributed by atoms with Crippen LogP contribution in [0.5, 0.6) is 28.7 Å². The van der Waals surface area contributed by atoms with Crippen molar-refractivity contribution in [1.29, 1.82) is 0 Å². The molecule has 0 spiro atoms. The molecule has 0 aliphatic rings. The zero-order chi connectivity index (χ0) is 85.4. The zero-order valence-corrected chi connectivity index (χ0v) is 77.0. The molecule has 8 amide bonds. The first kappa shape index (κ1) is 98.1. The lowest BCUT2D eigenvalue weighted by atomic mass is 10.1. The van der Waals surface area contributed by atoms with Crippen LogP contribution in [0, 0.1) is 20.1 Å². The fraction of sp³-hybridized carbons (Fsp3) is 0.341. The average molecular weight is 2060 g/mol. The summed E-state index contributed by atoms with van der Waals surface area (Å²) < 4.78 is 42.6. The van der Waals surface area contributed by atoms with Crippen molar-refractivity contribution in [2.45, 2.75) is 55.4 Å². The van der Waals surface area contributed by atoms with Gasteiger partial charge in [0.05, 0.1) is 80.6 Å². The number of likely N-dealkylation sites (N-methyl/N-ethyl adjacent to an activating group) is 4. The van der Waals surface area contributed by atoms with Gasteiger partial charge < -0.3 is 85.8 Å². The van der Waals surface area contributed by atoms with Crippen molar-refractivity contribution in [3.05, 3.63) is 221 Å². The number of carbonyl (C=O) groups excluding carboxylic acids is 8. The first-order valence-corrected chi connectivity index (χ1v) is 42.4. The van der Waals surface area contributed by atoms with Gasteiger partial charge in [0.1, 0.15) is 34.6 Å². The number of anilines is 4. The number of methoxy groups -OCH3 is 5. The molecule has 0 radical (unpaired) electrons. The van der Waals surface area contributed by atoms with Crippen LogP contribution in [0.25, 0.3) is 0 Å². The van der Waals surface area contributed by atoms with Crippen LogP contribution in [0.1, 0.15) is 138 Å². The Morgan fingerprint density at radius 2 is 0.552 bits per heavy atom. The molecular weight excluding hydrogens is 1960 g/mol. The Bertz CT molecular complexity index is 4380. The Labute approximate surface area is 739 Å². The molecule has 0 aliphatic heterocycles. The Balaban J connectivity index is 0.000000276. The van der Waals surface area contributed by atoms with Gasteiger partial charge in [-0.3, -0.25) is 38.4 Å². The second-order valence-corrected chi connectivity index (χ2v) is 30.3. The minimum absolute atomic E-state index is 0.192. The van der Waals surface area contributed by atoms with Crippen LogP contribution in [0.15, 0.2) is 152 Å². The molecule has 8 N–H and O–H groups in total. The smallest absolute Gasteiger partial charge is 0.255 e. The molecule has 8 aromatic rings. The Kier molecular flexibility index (Phi) is 44.2. The highest BCUT2D eigenvalue weighted by Crippen LogP contribution is 2.34. The normalized spacial score (nSPS) is 10.6. The van der Waals surface area contributed by atoms with E-state index in [-0.39, 0.29) is 47.3 Å². The van der Waals surface area contributed by atoms with Gasteiger partial charge in [0.15, 0.2) is 0 Å². The topological polar surface area (TPSA) is 292 Å². The van der Waals surface area contributed by atoms with E-state index in [1.807, 2.05) is 18.2 Å². The molecule has 0 aliphatic carbocycles. The minimum Gasteiger partial charge on any atom is -0.497 e. The van der Waals surface area contributed by atoms with Gasteiger partial charge in [-0.15, -0.1) is 0 Å². The molecule has 25 nitrogen and oxygen atoms in total. The van der Waals surface area contributed by atoms with E-state index in [0.29, 0.717) is 131 Å². The van der Waals surface area contributed by atoms with Gasteiger partial charge in [-0.1, -0.05) is 85.2 Å². The molecule has 0 saturated heterocycles. The maximum absolute atomic E-state index is 13.0. The van der Waals surface area contributed by atoms with E-state index < -0.39 is 5.82 Å². The number of amides is 8. The summed E-state index contributed by atoms with van der Waals surface area (Å²) >= 11 is 14.2. The van der Waals surface area contributed by atoms with Crippen LogP contribution in [0.2, 0.25) is 5.02 Å². The molecule has 8 aromatic carbocycles. The minimum atomic E-state index is -0.408. The van der Waals surface area contributed by atoms with Gasteiger partial charge in [-0.2, -0.15) is 0 Å². The summed E-state index contributed by atoms with van der Waals surface area (Å²) in [6, 6.07) is 41.2. The highest BCUT2D eigenvalue weighted by atomic mass is 127. The van der Waals surface area contributed by atoms with E-state index in [1.165, 1.54) is 52.7 Å². The van der Waals surface area contributed by atoms with Crippen LogP contribution in [-0.4, -0.2) is 207 Å². The molecule has 624 valence electrons. The summed E-state index contributed by atoms with van der Waals surface area (Å²) in [4.78, 5) is 109. The van der Waals surface area contributed by atoms with Crippen molar-refractivity contribution >= 4 is 172 Å². The van der Waals surface area contributed by atoms with Crippen molar-refractivity contribution in [2.75, 3.05) is 162 Å². The first-order chi connectivity index (χ1) is 55.7. The van der Waals surface area contributed by atoms with Gasteiger partial charge in [0.25, 0.3) is 47.3 Å². The van der Waals surface area contributed by atoms with Crippen LogP contribution in [0.3, 0.4) is 0 Å². The van der Waals surface area contributed by atoms with Crippen molar-refractivity contribution in [3.8, 4) is 28.7 Å². The van der Waals surface area contributed by atoms with Gasteiger partial charge in [0, 0.05) is 118 Å². The summed E-state index contributed by atoms with van der Waals surface area (Å²) in [7, 11) is 7.56. The number of benzene rings is 8. The number of carbonyl (C=O) groups is 8. The standard InChI is InChI=1S/C22H28IN3O4.C21H25ClIN3O3.C21H25FIN3O3.C21H26IN3O3/c1-5-26(6-2)12-11-24-22(28)17-13-18(23)19(14-20(17)30-4)25-21(27)15-7-9-16(29-3)10-8-15;2*1-4-26(5-2)11-10-24-21(28)16-12-17(23)18(13-19(16)29-3)25-20(27)14-6-8-15(22)9-7-14;1-4-25(5-2)12-11-23-21(27)16-13-17(22)18(14-19(16)28-3)24-20(26)15-9-7-6-8-10-15/h7-10,13-14H,5-6,11-12H2,1-4H3,(H,24,28)(H,25,27);2*6-9,12-13H,4-5,10-11H2,1-3H3,(H,24,28)(H,25,27);6-10,13-14H,4-5,11-12H2,1-3H3,(H,23,27)(H,24,26). The molecular formula is C85H104ClFI4N12O13. The van der Waals surface area contributed by atoms with E-state index >= 15 is 0 Å². The fourth-order valence-electron chi connectivity index (χ4n) is 11.1. The molecule has 8 rings (SSSR count). The highest BCUT2D eigenvalue weighted by molar-refractivity contribution is 14.1. The monoisotopic (exact) mass is 2060 g/mol.